The van der Waals surface area contributed by atoms with Gasteiger partial charge in [-0.15, -0.1) is 0 Å². The highest BCUT2D eigenvalue weighted by Crippen LogP contribution is 2.19. The number of benzene rings is 2. The van der Waals surface area contributed by atoms with Crippen molar-refractivity contribution in [2.45, 2.75) is 51.6 Å². The second kappa shape index (κ2) is 12.3. The molecule has 0 heterocycles. The van der Waals surface area contributed by atoms with E-state index in [-0.39, 0.29) is 23.3 Å². The van der Waals surface area contributed by atoms with E-state index < -0.39 is 28.5 Å². The lowest BCUT2D eigenvalue weighted by Crippen LogP contribution is -2.52. The third-order valence-corrected chi connectivity index (χ3v) is 7.46. The van der Waals surface area contributed by atoms with Crippen LogP contribution in [0.25, 0.3) is 0 Å². The van der Waals surface area contributed by atoms with E-state index in [4.69, 9.17) is 11.6 Å². The number of nitrogens with zero attached hydrogens (tertiary/aromatic N) is 2. The van der Waals surface area contributed by atoms with Gasteiger partial charge in [-0.05, 0) is 49.1 Å². The Bertz CT molecular complexity index is 1090. The molecule has 0 radical (unpaired) electrons. The summed E-state index contributed by atoms with van der Waals surface area (Å²) in [5, 5.41) is 3.32. The monoisotopic (exact) mass is 507 g/mol. The van der Waals surface area contributed by atoms with Gasteiger partial charge in [-0.2, -0.15) is 4.31 Å². The van der Waals surface area contributed by atoms with Gasteiger partial charge in [0.2, 0.25) is 21.8 Å². The Kier molecular flexibility index (Phi) is 10.1. The van der Waals surface area contributed by atoms with Crippen molar-refractivity contribution in [3.8, 4) is 0 Å². The van der Waals surface area contributed by atoms with Crippen LogP contribution >= 0.6 is 11.6 Å². The first-order valence-electron chi connectivity index (χ1n) is 11.3. The van der Waals surface area contributed by atoms with Crippen molar-refractivity contribution in [2.75, 3.05) is 20.1 Å². The zero-order valence-corrected chi connectivity index (χ0v) is 22.0. The summed E-state index contributed by atoms with van der Waals surface area (Å²) in [6.45, 7) is 8.07. The van der Waals surface area contributed by atoms with Crippen LogP contribution in [0.3, 0.4) is 0 Å². The van der Waals surface area contributed by atoms with Gasteiger partial charge in [0.05, 0.1) is 11.4 Å². The molecule has 0 bridgehead atoms. The van der Waals surface area contributed by atoms with Gasteiger partial charge in [0.15, 0.2) is 0 Å². The van der Waals surface area contributed by atoms with Crippen molar-refractivity contribution in [3.05, 3.63) is 64.7 Å². The fourth-order valence-corrected chi connectivity index (χ4v) is 4.75. The normalized spacial score (nSPS) is 12.6. The van der Waals surface area contributed by atoms with Gasteiger partial charge >= 0.3 is 0 Å². The minimum atomic E-state index is -3.91. The van der Waals surface area contributed by atoms with Crippen LogP contribution in [-0.4, -0.2) is 55.6 Å². The second-order valence-electron chi connectivity index (χ2n) is 8.79. The van der Waals surface area contributed by atoms with Crippen molar-refractivity contribution in [3.63, 3.8) is 0 Å². The summed E-state index contributed by atoms with van der Waals surface area (Å²) in [4.78, 5) is 27.9. The van der Waals surface area contributed by atoms with E-state index in [2.05, 4.69) is 5.32 Å². The predicted octanol–water partition coefficient (Wildman–Crippen LogP) is 3.85. The molecule has 34 heavy (non-hydrogen) atoms. The lowest BCUT2D eigenvalue weighted by molar-refractivity contribution is -0.141. The molecule has 0 aliphatic heterocycles. The Morgan fingerprint density at radius 3 is 2.29 bits per heavy atom. The Morgan fingerprint density at radius 1 is 1.09 bits per heavy atom. The Hall–Kier alpha value is -2.42. The summed E-state index contributed by atoms with van der Waals surface area (Å²) in [6, 6.07) is 12.7. The van der Waals surface area contributed by atoms with Gasteiger partial charge in [-0.3, -0.25) is 9.59 Å². The molecule has 2 amide bonds. The van der Waals surface area contributed by atoms with Crippen molar-refractivity contribution in [1.29, 1.82) is 0 Å². The maximum absolute atomic E-state index is 13.4. The average molecular weight is 508 g/mol. The largest absolute Gasteiger partial charge is 0.354 e. The number of carbonyl (C=O) groups excluding carboxylic acids is 2. The smallest absolute Gasteiger partial charge is 0.243 e. The molecule has 0 saturated carbocycles. The van der Waals surface area contributed by atoms with Crippen LogP contribution in [0.4, 0.5) is 0 Å². The number of rotatable bonds is 11. The molecule has 0 aliphatic rings. The van der Waals surface area contributed by atoms with Crippen LogP contribution in [0.5, 0.6) is 0 Å². The number of sulfonamides is 1. The maximum atomic E-state index is 13.4. The highest BCUT2D eigenvalue weighted by Gasteiger charge is 2.31. The molecule has 0 aliphatic carbocycles. The maximum Gasteiger partial charge on any atom is 0.243 e. The van der Waals surface area contributed by atoms with Crippen molar-refractivity contribution < 1.29 is 18.0 Å². The first-order chi connectivity index (χ1) is 15.9. The molecule has 2 aromatic carbocycles. The van der Waals surface area contributed by atoms with Gasteiger partial charge < -0.3 is 10.2 Å². The first-order valence-corrected chi connectivity index (χ1v) is 13.1. The Morgan fingerprint density at radius 2 is 1.74 bits per heavy atom. The predicted molar refractivity (Wildman–Crippen MR) is 135 cm³/mol. The molecule has 0 spiro atoms. The van der Waals surface area contributed by atoms with Crippen molar-refractivity contribution in [2.24, 2.45) is 5.92 Å². The zero-order chi connectivity index (χ0) is 25.5. The van der Waals surface area contributed by atoms with E-state index in [9.17, 15) is 18.0 Å². The third kappa shape index (κ3) is 7.55. The zero-order valence-electron chi connectivity index (χ0n) is 20.4. The number of hydrogen-bond donors (Lipinski definition) is 1. The molecular formula is C25H34ClN3O4S. The third-order valence-electron chi connectivity index (χ3n) is 5.39. The van der Waals surface area contributed by atoms with Crippen LogP contribution in [0.2, 0.25) is 5.02 Å². The molecule has 2 aromatic rings. The molecule has 0 saturated heterocycles. The molecule has 1 atom stereocenters. The van der Waals surface area contributed by atoms with Crippen LogP contribution in [0, 0.1) is 12.8 Å². The topological polar surface area (TPSA) is 86.8 Å². The fraction of sp³-hybridized carbons (Fsp3) is 0.440. The number of halogens is 1. The molecule has 7 nitrogen and oxygen atoms in total. The second-order valence-corrected chi connectivity index (χ2v) is 11.3. The Balaban J connectivity index is 2.31. The minimum Gasteiger partial charge on any atom is -0.354 e. The molecule has 2 rings (SSSR count). The van der Waals surface area contributed by atoms with E-state index >= 15 is 0 Å². The minimum absolute atomic E-state index is 0.0409. The number of likely N-dealkylation sites (N-methyl/N-ethyl adjacent to an activating group) is 1. The summed E-state index contributed by atoms with van der Waals surface area (Å²) < 4.78 is 27.0. The Labute approximate surface area is 208 Å². The summed E-state index contributed by atoms with van der Waals surface area (Å²) in [6.07, 6.45) is 0.398. The standard InChI is InChI=1S/C25H34ClN3O4S/c1-6-23(25(31)27-15-18(2)3)29(16-20-9-7-8-19(4)14-20)24(30)17-28(5)34(32,33)22-12-10-21(26)11-13-22/h7-14,18,23H,6,15-17H2,1-5H3,(H,27,31). The molecule has 0 fully saturated rings. The molecule has 1 N–H and O–H groups in total. The number of nitrogens with one attached hydrogen (secondary N) is 1. The molecule has 1 unspecified atom stereocenters. The first kappa shape index (κ1) is 27.8. The van der Waals surface area contributed by atoms with E-state index in [1.54, 1.807) is 0 Å². The van der Waals surface area contributed by atoms with Crippen LogP contribution in [0.1, 0.15) is 38.3 Å². The highest BCUT2D eigenvalue weighted by molar-refractivity contribution is 7.89. The molecular weight excluding hydrogens is 474 g/mol. The summed E-state index contributed by atoms with van der Waals surface area (Å²) >= 11 is 5.87. The summed E-state index contributed by atoms with van der Waals surface area (Å²) in [5.41, 5.74) is 1.90. The molecule has 186 valence electrons. The van der Waals surface area contributed by atoms with Gasteiger partial charge in [0.25, 0.3) is 0 Å². The highest BCUT2D eigenvalue weighted by atomic mass is 35.5. The molecule has 0 aromatic heterocycles. The van der Waals surface area contributed by atoms with Crippen LogP contribution in [0.15, 0.2) is 53.4 Å². The number of carbonyl (C=O) groups is 2. The van der Waals surface area contributed by atoms with Crippen LogP contribution < -0.4 is 5.32 Å². The van der Waals surface area contributed by atoms with Gasteiger partial charge in [-0.1, -0.05) is 62.2 Å². The van der Waals surface area contributed by atoms with Gasteiger partial charge in [0.1, 0.15) is 6.04 Å². The van der Waals surface area contributed by atoms with Crippen LogP contribution in [-0.2, 0) is 26.2 Å². The van der Waals surface area contributed by atoms with Gasteiger partial charge in [-0.25, -0.2) is 8.42 Å². The van der Waals surface area contributed by atoms with E-state index in [0.29, 0.717) is 18.0 Å². The average Bonchev–Trinajstić information content (AvgIpc) is 2.77. The summed E-state index contributed by atoms with van der Waals surface area (Å²) in [5.74, 6) is -0.438. The number of aryl methyl sites for hydroxylation is 1. The van der Waals surface area contributed by atoms with Crippen molar-refractivity contribution in [1.82, 2.24) is 14.5 Å². The lowest BCUT2D eigenvalue weighted by atomic mass is 10.1. The van der Waals surface area contributed by atoms with Crippen molar-refractivity contribution >= 4 is 33.4 Å². The number of hydrogen-bond acceptors (Lipinski definition) is 4. The van der Waals surface area contributed by atoms with E-state index in [1.165, 1.54) is 36.2 Å². The fourth-order valence-electron chi connectivity index (χ4n) is 3.50. The SMILES string of the molecule is CCC(C(=O)NCC(C)C)N(Cc1cccc(C)c1)C(=O)CN(C)S(=O)(=O)c1ccc(Cl)cc1. The van der Waals surface area contributed by atoms with E-state index in [0.717, 1.165) is 15.4 Å². The van der Waals surface area contributed by atoms with Gasteiger partial charge in [0, 0.05) is 25.2 Å². The quantitative estimate of drug-likeness (QED) is 0.500. The lowest BCUT2D eigenvalue weighted by Gasteiger charge is -2.32. The molecule has 9 heteroatoms. The summed E-state index contributed by atoms with van der Waals surface area (Å²) in [7, 11) is -2.56. The van der Waals surface area contributed by atoms with E-state index in [1.807, 2.05) is 52.0 Å². The number of amides is 2.